The Bertz CT molecular complexity index is 670. The van der Waals surface area contributed by atoms with Gasteiger partial charge in [0.05, 0.1) is 27.9 Å². The fourth-order valence-corrected chi connectivity index (χ4v) is 3.57. The second-order valence-electron chi connectivity index (χ2n) is 8.05. The molecule has 5 nitrogen and oxygen atoms in total. The Kier molecular flexibility index (Phi) is 5.41. The molecule has 0 aliphatic carbocycles. The Morgan fingerprint density at radius 3 is 2.27 bits per heavy atom. The van der Waals surface area contributed by atoms with Crippen molar-refractivity contribution in [1.82, 2.24) is 4.90 Å². The van der Waals surface area contributed by atoms with Crippen molar-refractivity contribution in [3.8, 4) is 0 Å². The number of amides is 1. The number of piperidine rings is 1. The molecule has 0 unspecified atom stereocenters. The van der Waals surface area contributed by atoms with E-state index < -0.39 is 18.3 Å². The van der Waals surface area contributed by atoms with Gasteiger partial charge in [-0.1, -0.05) is 17.7 Å². The van der Waals surface area contributed by atoms with Gasteiger partial charge in [-0.15, -0.1) is 0 Å². The molecule has 0 aromatic heterocycles. The first-order chi connectivity index (χ1) is 12.1. The number of carbonyl (C=O) groups is 1. The van der Waals surface area contributed by atoms with E-state index in [0.29, 0.717) is 23.7 Å². The number of halogens is 1. The molecule has 2 fully saturated rings. The predicted octanol–water partition coefficient (Wildman–Crippen LogP) is 2.89. The lowest BCUT2D eigenvalue weighted by Crippen LogP contribution is -2.41. The van der Waals surface area contributed by atoms with Gasteiger partial charge < -0.3 is 18.9 Å². The molecule has 0 radical (unpaired) electrons. The van der Waals surface area contributed by atoms with Crippen LogP contribution in [0.1, 0.15) is 50.9 Å². The third kappa shape index (κ3) is 3.65. The molecule has 0 spiro atoms. The molecule has 0 bridgehead atoms. The van der Waals surface area contributed by atoms with Crippen molar-refractivity contribution in [2.24, 2.45) is 0 Å². The maximum absolute atomic E-state index is 12.8. The Hall–Kier alpha value is -1.08. The number of methoxy groups -OCH3 is 1. The number of benzene rings is 1. The van der Waals surface area contributed by atoms with Crippen LogP contribution >= 0.6 is 11.6 Å². The normalized spacial score (nSPS) is 22.7. The van der Waals surface area contributed by atoms with Gasteiger partial charge in [0.15, 0.2) is 0 Å². The van der Waals surface area contributed by atoms with E-state index in [1.54, 1.807) is 19.2 Å². The lowest BCUT2D eigenvalue weighted by molar-refractivity contribution is 0.00578. The first-order valence-corrected chi connectivity index (χ1v) is 9.49. The van der Waals surface area contributed by atoms with E-state index >= 15 is 0 Å². The fraction of sp³-hybridized carbons (Fsp3) is 0.632. The molecule has 0 atom stereocenters. The number of likely N-dealkylation sites (tertiary alicyclic amines) is 1. The van der Waals surface area contributed by atoms with Gasteiger partial charge in [-0.2, -0.15) is 0 Å². The van der Waals surface area contributed by atoms with Gasteiger partial charge in [0.25, 0.3) is 5.91 Å². The monoisotopic (exact) mass is 379 g/mol. The van der Waals surface area contributed by atoms with Crippen LogP contribution in [0.3, 0.4) is 0 Å². The summed E-state index contributed by atoms with van der Waals surface area (Å²) in [5.41, 5.74) is 0.514. The van der Waals surface area contributed by atoms with Gasteiger partial charge >= 0.3 is 7.12 Å². The average molecular weight is 380 g/mol. The van der Waals surface area contributed by atoms with Crippen LogP contribution in [-0.4, -0.2) is 55.4 Å². The summed E-state index contributed by atoms with van der Waals surface area (Å²) >= 11 is 6.44. The molecule has 7 heteroatoms. The Balaban J connectivity index is 1.73. The second-order valence-corrected chi connectivity index (χ2v) is 8.46. The van der Waals surface area contributed by atoms with E-state index in [0.717, 1.165) is 18.3 Å². The average Bonchev–Trinajstić information content (AvgIpc) is 2.82. The Morgan fingerprint density at radius 2 is 1.77 bits per heavy atom. The van der Waals surface area contributed by atoms with Crippen LogP contribution in [0, 0.1) is 0 Å². The van der Waals surface area contributed by atoms with Crippen molar-refractivity contribution in [3.63, 3.8) is 0 Å². The Morgan fingerprint density at radius 1 is 1.19 bits per heavy atom. The summed E-state index contributed by atoms with van der Waals surface area (Å²) in [6, 6.07) is 5.41. The smallest absolute Gasteiger partial charge is 0.399 e. The SMILES string of the molecule is COC1CCN(C(=O)c2ccc(B3OC(C)(C)C(C)(C)O3)cc2Cl)CC1. The number of nitrogens with zero attached hydrogens (tertiary/aromatic N) is 1. The fourth-order valence-electron chi connectivity index (χ4n) is 3.30. The van der Waals surface area contributed by atoms with Crippen LogP contribution in [-0.2, 0) is 14.0 Å². The largest absolute Gasteiger partial charge is 0.494 e. The van der Waals surface area contributed by atoms with Crippen molar-refractivity contribution in [2.75, 3.05) is 20.2 Å². The van der Waals surface area contributed by atoms with E-state index in [1.165, 1.54) is 0 Å². The van der Waals surface area contributed by atoms with Crippen LogP contribution < -0.4 is 5.46 Å². The summed E-state index contributed by atoms with van der Waals surface area (Å²) in [5.74, 6) is -0.0370. The highest BCUT2D eigenvalue weighted by Crippen LogP contribution is 2.36. The summed E-state index contributed by atoms with van der Waals surface area (Å²) in [4.78, 5) is 14.6. The van der Waals surface area contributed by atoms with Gasteiger partial charge in [0.1, 0.15) is 0 Å². The second kappa shape index (κ2) is 7.15. The summed E-state index contributed by atoms with van der Waals surface area (Å²) < 4.78 is 17.5. The molecule has 3 rings (SSSR count). The molecule has 1 amide bonds. The van der Waals surface area contributed by atoms with Crippen LogP contribution in [0.2, 0.25) is 5.02 Å². The zero-order valence-corrected chi connectivity index (χ0v) is 16.9. The molecule has 2 aliphatic heterocycles. The topological polar surface area (TPSA) is 48.0 Å². The number of hydrogen-bond acceptors (Lipinski definition) is 4. The molecule has 1 aromatic rings. The maximum Gasteiger partial charge on any atom is 0.494 e. The number of ether oxygens (including phenoxy) is 1. The molecular weight excluding hydrogens is 352 g/mol. The third-order valence-electron chi connectivity index (χ3n) is 5.81. The van der Waals surface area contributed by atoms with E-state index in [1.807, 2.05) is 38.7 Å². The zero-order chi connectivity index (χ0) is 19.1. The highest BCUT2D eigenvalue weighted by atomic mass is 35.5. The van der Waals surface area contributed by atoms with E-state index in [9.17, 15) is 4.79 Å². The molecule has 0 N–H and O–H groups in total. The summed E-state index contributed by atoms with van der Waals surface area (Å²) in [7, 11) is 1.23. The van der Waals surface area contributed by atoms with Gasteiger partial charge in [-0.3, -0.25) is 4.79 Å². The van der Waals surface area contributed by atoms with Crippen molar-refractivity contribution < 1.29 is 18.8 Å². The molecule has 142 valence electrons. The minimum absolute atomic E-state index is 0.0370. The van der Waals surface area contributed by atoms with Crippen LogP contribution in [0.15, 0.2) is 18.2 Å². The van der Waals surface area contributed by atoms with Crippen LogP contribution in [0.25, 0.3) is 0 Å². The quantitative estimate of drug-likeness (QED) is 0.758. The highest BCUT2D eigenvalue weighted by molar-refractivity contribution is 6.62. The predicted molar refractivity (Wildman–Crippen MR) is 103 cm³/mol. The molecule has 2 saturated heterocycles. The molecule has 2 heterocycles. The van der Waals surface area contributed by atoms with Gasteiger partial charge in [0, 0.05) is 20.2 Å². The summed E-state index contributed by atoms with van der Waals surface area (Å²) in [5, 5.41) is 0.427. The highest BCUT2D eigenvalue weighted by Gasteiger charge is 2.51. The number of rotatable bonds is 3. The van der Waals surface area contributed by atoms with Crippen molar-refractivity contribution in [1.29, 1.82) is 0 Å². The van der Waals surface area contributed by atoms with Crippen molar-refractivity contribution in [2.45, 2.75) is 57.8 Å². The molecule has 1 aromatic carbocycles. The van der Waals surface area contributed by atoms with Gasteiger partial charge in [-0.05, 0) is 58.1 Å². The van der Waals surface area contributed by atoms with Crippen LogP contribution in [0.5, 0.6) is 0 Å². The van der Waals surface area contributed by atoms with E-state index in [2.05, 4.69) is 0 Å². The summed E-state index contributed by atoms with van der Waals surface area (Å²) in [6.45, 7) is 9.41. The lowest BCUT2D eigenvalue weighted by Gasteiger charge is -2.32. The van der Waals surface area contributed by atoms with Gasteiger partial charge in [-0.25, -0.2) is 0 Å². The van der Waals surface area contributed by atoms with Crippen molar-refractivity contribution in [3.05, 3.63) is 28.8 Å². The van der Waals surface area contributed by atoms with Gasteiger partial charge in [0.2, 0.25) is 0 Å². The molecule has 2 aliphatic rings. The third-order valence-corrected chi connectivity index (χ3v) is 6.12. The van der Waals surface area contributed by atoms with Crippen molar-refractivity contribution >= 4 is 30.1 Å². The molecule has 26 heavy (non-hydrogen) atoms. The molecule has 0 saturated carbocycles. The van der Waals surface area contributed by atoms with E-state index in [4.69, 9.17) is 25.6 Å². The number of hydrogen-bond donors (Lipinski definition) is 0. The zero-order valence-electron chi connectivity index (χ0n) is 16.2. The lowest BCUT2D eigenvalue weighted by atomic mass is 9.79. The Labute approximate surface area is 161 Å². The minimum Gasteiger partial charge on any atom is -0.399 e. The first kappa shape index (κ1) is 19.7. The number of carbonyl (C=O) groups excluding carboxylic acids is 1. The summed E-state index contributed by atoms with van der Waals surface area (Å²) in [6.07, 6.45) is 1.94. The molecular formula is C19H27BClNO4. The van der Waals surface area contributed by atoms with E-state index in [-0.39, 0.29) is 12.0 Å². The first-order valence-electron chi connectivity index (χ1n) is 9.12. The maximum atomic E-state index is 12.8. The standard InChI is InChI=1S/C19H27BClNO4/c1-18(2)19(3,4)26-20(25-18)13-6-7-15(16(21)12-13)17(23)22-10-8-14(24-5)9-11-22/h6-7,12,14H,8-11H2,1-5H3. The van der Waals surface area contributed by atoms with Crippen LogP contribution in [0.4, 0.5) is 0 Å². The minimum atomic E-state index is -0.487.